The van der Waals surface area contributed by atoms with Gasteiger partial charge in [0, 0.05) is 0 Å². The molecule has 16 heavy (non-hydrogen) atoms. The van der Waals surface area contributed by atoms with Gasteiger partial charge in [-0.15, -0.1) is 0 Å². The third-order valence-electron chi connectivity index (χ3n) is 1.91. The van der Waals surface area contributed by atoms with E-state index in [1.54, 1.807) is 0 Å². The first-order chi connectivity index (χ1) is 6.94. The summed E-state index contributed by atoms with van der Waals surface area (Å²) in [6.45, 7) is 6.01. The third kappa shape index (κ3) is 3.66. The summed E-state index contributed by atoms with van der Waals surface area (Å²) in [5.41, 5.74) is 1.24. The van der Waals surface area contributed by atoms with Crippen molar-refractivity contribution in [2.45, 2.75) is 57.9 Å². The first-order valence-corrected chi connectivity index (χ1v) is 5.03. The summed E-state index contributed by atoms with van der Waals surface area (Å²) >= 11 is 0. The van der Waals surface area contributed by atoms with Crippen molar-refractivity contribution in [3.05, 3.63) is 0 Å². The van der Waals surface area contributed by atoms with Crippen LogP contribution in [0.1, 0.15) is 40.5 Å². The molecule has 0 aliphatic rings. The van der Waals surface area contributed by atoms with E-state index in [0.717, 1.165) is 0 Å². The van der Waals surface area contributed by atoms with E-state index in [0.29, 0.717) is 0 Å². The highest BCUT2D eigenvalue weighted by atomic mass is 19.4. The molecule has 2 N–H and O–H groups in total. The Hall–Kier alpha value is -0.780. The summed E-state index contributed by atoms with van der Waals surface area (Å²) in [4.78, 5) is 11.4. The molecule has 0 radical (unpaired) electrons. The monoisotopic (exact) mass is 241 g/mol. The lowest BCUT2D eigenvalue weighted by Gasteiger charge is -2.32. The van der Waals surface area contributed by atoms with Crippen LogP contribution in [0.2, 0.25) is 0 Å². The first-order valence-electron chi connectivity index (χ1n) is 5.03. The molecule has 0 aliphatic carbocycles. The van der Waals surface area contributed by atoms with E-state index in [2.05, 4.69) is 0 Å². The van der Waals surface area contributed by atoms with Gasteiger partial charge in [0.2, 0.25) is 5.54 Å². The molecule has 1 unspecified atom stereocenters. The van der Waals surface area contributed by atoms with Crippen molar-refractivity contribution in [2.24, 2.45) is 5.73 Å². The largest absolute Gasteiger partial charge is 0.458 e. The molecular formula is C10H18F3NO2. The number of ether oxygens (including phenoxy) is 1. The molecule has 0 fully saturated rings. The molecule has 0 bridgehead atoms. The van der Waals surface area contributed by atoms with Crippen LogP contribution in [0, 0.1) is 0 Å². The molecule has 0 aliphatic heterocycles. The Morgan fingerprint density at radius 1 is 1.25 bits per heavy atom. The molecule has 0 saturated heterocycles. The zero-order valence-electron chi connectivity index (χ0n) is 9.94. The van der Waals surface area contributed by atoms with Crippen LogP contribution in [0.25, 0.3) is 0 Å². The van der Waals surface area contributed by atoms with E-state index < -0.39 is 29.7 Å². The second-order valence-corrected chi connectivity index (χ2v) is 4.72. The Morgan fingerprint density at radius 3 is 1.94 bits per heavy atom. The smallest absolute Gasteiger partial charge is 0.417 e. The summed E-state index contributed by atoms with van der Waals surface area (Å²) in [5.74, 6) is -1.42. The number of carbonyl (C=O) groups is 1. The Labute approximate surface area is 93.1 Å². The Morgan fingerprint density at radius 2 is 1.69 bits per heavy atom. The average molecular weight is 241 g/mol. The quantitative estimate of drug-likeness (QED) is 0.772. The molecular weight excluding hydrogens is 223 g/mol. The zero-order chi connectivity index (χ0) is 13.2. The summed E-state index contributed by atoms with van der Waals surface area (Å²) < 4.78 is 42.8. The van der Waals surface area contributed by atoms with Crippen LogP contribution in [0.5, 0.6) is 0 Å². The van der Waals surface area contributed by atoms with E-state index in [4.69, 9.17) is 10.5 Å². The van der Waals surface area contributed by atoms with Gasteiger partial charge in [-0.25, -0.2) is 4.79 Å². The highest BCUT2D eigenvalue weighted by Gasteiger charge is 2.58. The predicted molar refractivity (Wildman–Crippen MR) is 53.7 cm³/mol. The maximum absolute atomic E-state index is 12.7. The Bertz CT molecular complexity index is 258. The van der Waals surface area contributed by atoms with Gasteiger partial charge >= 0.3 is 12.1 Å². The van der Waals surface area contributed by atoms with E-state index in [1.165, 1.54) is 27.7 Å². The van der Waals surface area contributed by atoms with Crippen molar-refractivity contribution in [3.63, 3.8) is 0 Å². The topological polar surface area (TPSA) is 52.3 Å². The molecule has 6 heteroatoms. The number of nitrogens with two attached hydrogens (primary N) is 1. The van der Waals surface area contributed by atoms with E-state index in [1.807, 2.05) is 0 Å². The fraction of sp³-hybridized carbons (Fsp3) is 0.900. The molecule has 0 saturated carbocycles. The number of halogens is 3. The highest BCUT2D eigenvalue weighted by Crippen LogP contribution is 2.34. The molecule has 0 spiro atoms. The molecule has 1 atom stereocenters. The van der Waals surface area contributed by atoms with Gasteiger partial charge in [-0.3, -0.25) is 0 Å². The van der Waals surface area contributed by atoms with Crippen LogP contribution in [0.15, 0.2) is 0 Å². The molecule has 0 amide bonds. The predicted octanol–water partition coefficient (Wildman–Crippen LogP) is 2.39. The van der Waals surface area contributed by atoms with Gasteiger partial charge in [0.25, 0.3) is 0 Å². The van der Waals surface area contributed by atoms with Gasteiger partial charge in [0.1, 0.15) is 5.60 Å². The summed E-state index contributed by atoms with van der Waals surface area (Å²) in [6, 6.07) is 0. The number of esters is 1. The van der Waals surface area contributed by atoms with Crippen LogP contribution in [0.4, 0.5) is 13.2 Å². The lowest BCUT2D eigenvalue weighted by Crippen LogP contribution is -2.61. The molecule has 0 rings (SSSR count). The SMILES string of the molecule is CCCC(N)(C(=O)OC(C)(C)C)C(F)(F)F. The van der Waals surface area contributed by atoms with Gasteiger partial charge in [-0.05, 0) is 27.2 Å². The Kier molecular flexibility index (Phi) is 4.38. The lowest BCUT2D eigenvalue weighted by atomic mass is 9.94. The van der Waals surface area contributed by atoms with Crippen molar-refractivity contribution in [1.82, 2.24) is 0 Å². The standard InChI is InChI=1S/C10H18F3NO2/c1-5-6-9(14,10(11,12)13)7(15)16-8(2,3)4/h5-6,14H2,1-4H3. The molecule has 96 valence electrons. The second-order valence-electron chi connectivity index (χ2n) is 4.72. The van der Waals surface area contributed by atoms with Crippen molar-refractivity contribution < 1.29 is 22.7 Å². The highest BCUT2D eigenvalue weighted by molar-refractivity contribution is 5.82. The maximum Gasteiger partial charge on any atom is 0.417 e. The number of carbonyl (C=O) groups excluding carboxylic acids is 1. The molecule has 0 aromatic carbocycles. The van der Waals surface area contributed by atoms with Crippen molar-refractivity contribution >= 4 is 5.97 Å². The van der Waals surface area contributed by atoms with Crippen LogP contribution in [-0.2, 0) is 9.53 Å². The average Bonchev–Trinajstić information content (AvgIpc) is 1.98. The summed E-state index contributed by atoms with van der Waals surface area (Å²) in [5, 5.41) is 0. The molecule has 0 aromatic rings. The van der Waals surface area contributed by atoms with Gasteiger partial charge in [-0.1, -0.05) is 13.3 Å². The number of hydrogen-bond acceptors (Lipinski definition) is 3. The lowest BCUT2D eigenvalue weighted by molar-refractivity contribution is -0.213. The van der Waals surface area contributed by atoms with E-state index in [9.17, 15) is 18.0 Å². The molecule has 0 heterocycles. The van der Waals surface area contributed by atoms with Gasteiger partial charge in [0.15, 0.2) is 0 Å². The van der Waals surface area contributed by atoms with Crippen LogP contribution in [0.3, 0.4) is 0 Å². The van der Waals surface area contributed by atoms with Crippen molar-refractivity contribution in [2.75, 3.05) is 0 Å². The summed E-state index contributed by atoms with van der Waals surface area (Å²) in [7, 11) is 0. The minimum absolute atomic E-state index is 0.148. The third-order valence-corrected chi connectivity index (χ3v) is 1.91. The maximum atomic E-state index is 12.7. The van der Waals surface area contributed by atoms with E-state index >= 15 is 0 Å². The van der Waals surface area contributed by atoms with Gasteiger partial charge in [-0.2, -0.15) is 13.2 Å². The minimum Gasteiger partial charge on any atom is -0.458 e. The second kappa shape index (κ2) is 4.61. The molecule has 3 nitrogen and oxygen atoms in total. The minimum atomic E-state index is -4.80. The van der Waals surface area contributed by atoms with E-state index in [-0.39, 0.29) is 6.42 Å². The number of rotatable bonds is 3. The van der Waals surface area contributed by atoms with Crippen LogP contribution < -0.4 is 5.73 Å². The zero-order valence-corrected chi connectivity index (χ0v) is 9.94. The van der Waals surface area contributed by atoms with Gasteiger partial charge in [0.05, 0.1) is 0 Å². The normalized spacial score (nSPS) is 16.8. The van der Waals surface area contributed by atoms with Crippen LogP contribution in [-0.4, -0.2) is 23.3 Å². The Balaban J connectivity index is 5.00. The van der Waals surface area contributed by atoms with Crippen molar-refractivity contribution in [1.29, 1.82) is 0 Å². The van der Waals surface area contributed by atoms with Crippen molar-refractivity contribution in [3.8, 4) is 0 Å². The first kappa shape index (κ1) is 15.2. The summed E-state index contributed by atoms with van der Waals surface area (Å²) in [6.07, 6.45) is -5.13. The fourth-order valence-electron chi connectivity index (χ4n) is 1.12. The molecule has 0 aromatic heterocycles. The number of alkyl halides is 3. The fourth-order valence-corrected chi connectivity index (χ4v) is 1.12. The number of hydrogen-bond donors (Lipinski definition) is 1. The van der Waals surface area contributed by atoms with Crippen LogP contribution >= 0.6 is 0 Å². The van der Waals surface area contributed by atoms with Gasteiger partial charge < -0.3 is 10.5 Å².